The van der Waals surface area contributed by atoms with Crippen LogP contribution in [0.25, 0.3) is 0 Å². The van der Waals surface area contributed by atoms with Crippen molar-refractivity contribution in [3.05, 3.63) is 60.2 Å². The predicted molar refractivity (Wildman–Crippen MR) is 121 cm³/mol. The van der Waals surface area contributed by atoms with Gasteiger partial charge in [-0.2, -0.15) is 0 Å². The van der Waals surface area contributed by atoms with Crippen LogP contribution in [0.3, 0.4) is 0 Å². The summed E-state index contributed by atoms with van der Waals surface area (Å²) in [7, 11) is 0. The maximum absolute atomic E-state index is 12.7. The summed E-state index contributed by atoms with van der Waals surface area (Å²) in [6.07, 6.45) is 2.72. The lowest BCUT2D eigenvalue weighted by atomic mass is 9.97. The van der Waals surface area contributed by atoms with Crippen LogP contribution in [0.4, 0.5) is 5.69 Å². The third-order valence-electron chi connectivity index (χ3n) is 6.04. The summed E-state index contributed by atoms with van der Waals surface area (Å²) >= 11 is 0. The number of fused-ring (bicyclic) bond motifs is 1. The maximum Gasteiger partial charge on any atom is 0.227 e. The van der Waals surface area contributed by atoms with E-state index in [1.807, 2.05) is 30.3 Å². The van der Waals surface area contributed by atoms with E-state index in [1.54, 1.807) is 4.90 Å². The lowest BCUT2D eigenvalue weighted by molar-refractivity contribution is -0.125. The highest BCUT2D eigenvalue weighted by molar-refractivity contribution is 5.97. The van der Waals surface area contributed by atoms with Gasteiger partial charge in [-0.3, -0.25) is 14.5 Å². The number of rotatable bonds is 7. The van der Waals surface area contributed by atoms with Crippen LogP contribution < -0.4 is 15.0 Å². The first-order valence-corrected chi connectivity index (χ1v) is 11.2. The molecular weight excluding hydrogens is 390 g/mol. The maximum atomic E-state index is 12.7. The van der Waals surface area contributed by atoms with E-state index in [1.165, 1.54) is 5.56 Å². The number of likely N-dealkylation sites (tertiary alicyclic amines) is 1. The van der Waals surface area contributed by atoms with Crippen molar-refractivity contribution in [3.8, 4) is 5.75 Å². The monoisotopic (exact) mass is 421 g/mol. The van der Waals surface area contributed by atoms with E-state index in [9.17, 15) is 9.59 Å². The van der Waals surface area contributed by atoms with Crippen LogP contribution in [0.1, 0.15) is 31.2 Å². The van der Waals surface area contributed by atoms with Crippen LogP contribution in [0.2, 0.25) is 0 Å². The van der Waals surface area contributed by atoms with Crippen molar-refractivity contribution >= 4 is 17.5 Å². The van der Waals surface area contributed by atoms with E-state index in [0.29, 0.717) is 25.6 Å². The molecule has 1 unspecified atom stereocenters. The van der Waals surface area contributed by atoms with Crippen LogP contribution in [-0.4, -0.2) is 49.5 Å². The topological polar surface area (TPSA) is 61.9 Å². The molecule has 2 heterocycles. The Kier molecular flexibility index (Phi) is 7.20. The molecule has 1 N–H and O–H groups in total. The van der Waals surface area contributed by atoms with E-state index in [-0.39, 0.29) is 24.7 Å². The van der Waals surface area contributed by atoms with Crippen molar-refractivity contribution in [2.75, 3.05) is 37.7 Å². The van der Waals surface area contributed by atoms with Gasteiger partial charge in [0.2, 0.25) is 11.8 Å². The number of piperidine rings is 1. The fourth-order valence-electron chi connectivity index (χ4n) is 4.43. The molecule has 2 aromatic carbocycles. The van der Waals surface area contributed by atoms with E-state index in [0.717, 1.165) is 43.9 Å². The van der Waals surface area contributed by atoms with Crippen molar-refractivity contribution in [1.29, 1.82) is 0 Å². The summed E-state index contributed by atoms with van der Waals surface area (Å²) in [6.45, 7) is 4.75. The SMILES string of the molecule is O=C(CCC(=O)N1CCOc2ccccc21)NCC1CCCN(Cc2ccccc2)C1. The van der Waals surface area contributed by atoms with Gasteiger partial charge in [0.25, 0.3) is 0 Å². The second-order valence-corrected chi connectivity index (χ2v) is 8.39. The number of carbonyl (C=O) groups is 2. The third-order valence-corrected chi connectivity index (χ3v) is 6.04. The number of amides is 2. The van der Waals surface area contributed by atoms with Gasteiger partial charge in [0.15, 0.2) is 0 Å². The molecule has 31 heavy (non-hydrogen) atoms. The molecule has 1 fully saturated rings. The molecule has 2 aromatic rings. The van der Waals surface area contributed by atoms with Crippen LogP contribution in [0.15, 0.2) is 54.6 Å². The second-order valence-electron chi connectivity index (χ2n) is 8.39. The van der Waals surface area contributed by atoms with Crippen LogP contribution in [0, 0.1) is 5.92 Å². The van der Waals surface area contributed by atoms with Crippen LogP contribution in [0.5, 0.6) is 5.75 Å². The number of hydrogen-bond donors (Lipinski definition) is 1. The zero-order valence-electron chi connectivity index (χ0n) is 18.0. The van der Waals surface area contributed by atoms with Gasteiger partial charge < -0.3 is 15.0 Å². The number of ether oxygens (including phenoxy) is 1. The molecule has 0 radical (unpaired) electrons. The smallest absolute Gasteiger partial charge is 0.227 e. The summed E-state index contributed by atoms with van der Waals surface area (Å²) in [5.74, 6) is 1.11. The molecule has 1 atom stereocenters. The van der Waals surface area contributed by atoms with Gasteiger partial charge in [0, 0.05) is 32.5 Å². The van der Waals surface area contributed by atoms with Crippen molar-refractivity contribution < 1.29 is 14.3 Å². The number of nitrogens with zero attached hydrogens (tertiary/aromatic N) is 2. The van der Waals surface area contributed by atoms with Crippen LogP contribution in [-0.2, 0) is 16.1 Å². The standard InChI is InChI=1S/C25H31N3O3/c29-24(12-13-25(30)28-15-16-31-23-11-5-4-10-22(23)28)26-17-21-9-6-14-27(19-21)18-20-7-2-1-3-8-20/h1-5,7-8,10-11,21H,6,9,12-19H2,(H,26,29). The van der Waals surface area contributed by atoms with E-state index in [4.69, 9.17) is 4.74 Å². The molecule has 6 nitrogen and oxygen atoms in total. The average molecular weight is 422 g/mol. The summed E-state index contributed by atoms with van der Waals surface area (Å²) in [4.78, 5) is 29.2. The third kappa shape index (κ3) is 5.85. The number of benzene rings is 2. The van der Waals surface area contributed by atoms with Gasteiger partial charge in [-0.15, -0.1) is 0 Å². The fraction of sp³-hybridized carbons (Fsp3) is 0.440. The largest absolute Gasteiger partial charge is 0.490 e. The lowest BCUT2D eigenvalue weighted by Crippen LogP contribution is -2.41. The number of nitrogens with one attached hydrogen (secondary N) is 1. The van der Waals surface area contributed by atoms with E-state index >= 15 is 0 Å². The van der Waals surface area contributed by atoms with Gasteiger partial charge in [-0.05, 0) is 43.0 Å². The minimum Gasteiger partial charge on any atom is -0.490 e. The van der Waals surface area contributed by atoms with E-state index < -0.39 is 0 Å². The minimum atomic E-state index is -0.0462. The quantitative estimate of drug-likeness (QED) is 0.746. The molecule has 6 heteroatoms. The molecule has 0 aliphatic carbocycles. The van der Waals surface area contributed by atoms with Gasteiger partial charge in [0.05, 0.1) is 12.2 Å². The number of hydrogen-bond acceptors (Lipinski definition) is 4. The van der Waals surface area contributed by atoms with Crippen molar-refractivity contribution in [3.63, 3.8) is 0 Å². The molecule has 0 spiro atoms. The summed E-state index contributed by atoms with van der Waals surface area (Å²) in [5.41, 5.74) is 2.12. The Hall–Kier alpha value is -2.86. The van der Waals surface area contributed by atoms with Crippen molar-refractivity contribution in [2.24, 2.45) is 5.92 Å². The first kappa shape index (κ1) is 21.4. The predicted octanol–water partition coefficient (Wildman–Crippen LogP) is 3.22. The molecule has 2 aliphatic heterocycles. The second kappa shape index (κ2) is 10.4. The zero-order chi connectivity index (χ0) is 21.5. The van der Waals surface area contributed by atoms with Gasteiger partial charge >= 0.3 is 0 Å². The Morgan fingerprint density at radius 1 is 1.00 bits per heavy atom. The summed E-state index contributed by atoms with van der Waals surface area (Å²) in [5, 5.41) is 3.05. The van der Waals surface area contributed by atoms with E-state index in [2.05, 4.69) is 34.5 Å². The summed E-state index contributed by atoms with van der Waals surface area (Å²) < 4.78 is 5.60. The molecule has 1 saturated heterocycles. The highest BCUT2D eigenvalue weighted by atomic mass is 16.5. The molecular formula is C25H31N3O3. The first-order chi connectivity index (χ1) is 15.2. The molecule has 2 amide bonds. The van der Waals surface area contributed by atoms with Crippen molar-refractivity contribution in [2.45, 2.75) is 32.2 Å². The highest BCUT2D eigenvalue weighted by Crippen LogP contribution is 2.31. The Morgan fingerprint density at radius 3 is 2.68 bits per heavy atom. The highest BCUT2D eigenvalue weighted by Gasteiger charge is 2.24. The normalized spacial score (nSPS) is 18.7. The molecule has 2 aliphatic rings. The Labute approximate surface area is 184 Å². The lowest BCUT2D eigenvalue weighted by Gasteiger charge is -2.33. The van der Waals surface area contributed by atoms with Gasteiger partial charge in [-0.25, -0.2) is 0 Å². The molecule has 0 aromatic heterocycles. The first-order valence-electron chi connectivity index (χ1n) is 11.2. The molecule has 164 valence electrons. The number of anilines is 1. The molecule has 0 bridgehead atoms. The van der Waals surface area contributed by atoms with Gasteiger partial charge in [-0.1, -0.05) is 42.5 Å². The molecule has 0 saturated carbocycles. The van der Waals surface area contributed by atoms with Crippen LogP contribution >= 0.6 is 0 Å². The number of para-hydroxylation sites is 2. The van der Waals surface area contributed by atoms with Crippen molar-refractivity contribution in [1.82, 2.24) is 10.2 Å². The minimum absolute atomic E-state index is 0.0300. The fourth-order valence-corrected chi connectivity index (χ4v) is 4.43. The zero-order valence-corrected chi connectivity index (χ0v) is 18.0. The van der Waals surface area contributed by atoms with Gasteiger partial charge in [0.1, 0.15) is 12.4 Å². The molecule has 4 rings (SSSR count). The number of carbonyl (C=O) groups excluding carboxylic acids is 2. The Bertz CT molecular complexity index is 887. The average Bonchev–Trinajstić information content (AvgIpc) is 2.82. The Balaban J connectivity index is 1.19. The Morgan fingerprint density at radius 2 is 1.81 bits per heavy atom. The summed E-state index contributed by atoms with van der Waals surface area (Å²) in [6, 6.07) is 18.1.